The predicted octanol–water partition coefficient (Wildman–Crippen LogP) is 5.26. The van der Waals surface area contributed by atoms with Gasteiger partial charge in [-0.05, 0) is 68.2 Å². The average Bonchev–Trinajstić information content (AvgIpc) is 2.61. The summed E-state index contributed by atoms with van der Waals surface area (Å²) in [6.45, 7) is 4.78. The summed E-state index contributed by atoms with van der Waals surface area (Å²) in [5, 5.41) is 2.53. The molecule has 3 rings (SSSR count). The number of unbranched alkanes of at least 4 members (excludes halogenated alkanes) is 3. The maximum absolute atomic E-state index is 5.90. The summed E-state index contributed by atoms with van der Waals surface area (Å²) in [6.07, 6.45) is 9.35. The van der Waals surface area contributed by atoms with Crippen molar-refractivity contribution in [3.05, 3.63) is 42.5 Å². The van der Waals surface area contributed by atoms with Crippen molar-refractivity contribution in [2.45, 2.75) is 44.9 Å². The first kappa shape index (κ1) is 16.3. The van der Waals surface area contributed by atoms with E-state index in [9.17, 15) is 0 Å². The van der Waals surface area contributed by atoms with Crippen LogP contribution in [0.25, 0.3) is 10.8 Å². The molecule has 0 unspecified atom stereocenters. The van der Waals surface area contributed by atoms with Crippen LogP contribution in [0.15, 0.2) is 42.5 Å². The number of hydrogen-bond acceptors (Lipinski definition) is 2. The molecule has 2 aromatic rings. The van der Waals surface area contributed by atoms with Crippen LogP contribution in [-0.4, -0.2) is 31.1 Å². The Morgan fingerprint density at radius 1 is 0.783 bits per heavy atom. The Kier molecular flexibility index (Phi) is 6.34. The molecule has 1 saturated heterocycles. The van der Waals surface area contributed by atoms with E-state index in [4.69, 9.17) is 4.74 Å². The van der Waals surface area contributed by atoms with Crippen LogP contribution in [-0.2, 0) is 0 Å². The number of rotatable bonds is 8. The van der Waals surface area contributed by atoms with E-state index in [2.05, 4.69) is 47.4 Å². The molecule has 0 radical (unpaired) electrons. The largest absolute Gasteiger partial charge is 0.494 e. The highest BCUT2D eigenvalue weighted by Crippen LogP contribution is 2.20. The topological polar surface area (TPSA) is 12.5 Å². The molecule has 23 heavy (non-hydrogen) atoms. The molecule has 124 valence electrons. The van der Waals surface area contributed by atoms with Crippen molar-refractivity contribution < 1.29 is 4.74 Å². The van der Waals surface area contributed by atoms with E-state index in [-0.39, 0.29) is 0 Å². The summed E-state index contributed by atoms with van der Waals surface area (Å²) < 4.78 is 5.90. The van der Waals surface area contributed by atoms with E-state index in [0.29, 0.717) is 0 Å². The standard InChI is InChI=1S/C21H29NO/c1(6-14-22-15-7-3-8-16-22)2-9-17-23-21-13-12-19-10-4-5-11-20(19)18-21/h4-5,10-13,18H,1-3,6-9,14-17H2. The lowest BCUT2D eigenvalue weighted by molar-refractivity contribution is 0.223. The summed E-state index contributed by atoms with van der Waals surface area (Å²) in [7, 11) is 0. The van der Waals surface area contributed by atoms with E-state index in [1.54, 1.807) is 0 Å². The number of benzene rings is 2. The van der Waals surface area contributed by atoms with Crippen LogP contribution in [0.1, 0.15) is 44.9 Å². The van der Waals surface area contributed by atoms with Gasteiger partial charge in [-0.25, -0.2) is 0 Å². The lowest BCUT2D eigenvalue weighted by atomic mass is 10.1. The first-order chi connectivity index (χ1) is 11.4. The Morgan fingerprint density at radius 2 is 1.57 bits per heavy atom. The van der Waals surface area contributed by atoms with Crippen LogP contribution in [0.4, 0.5) is 0 Å². The Bertz CT molecular complexity index is 589. The quantitative estimate of drug-likeness (QED) is 0.616. The maximum atomic E-state index is 5.90. The van der Waals surface area contributed by atoms with Gasteiger partial charge >= 0.3 is 0 Å². The van der Waals surface area contributed by atoms with E-state index in [0.717, 1.165) is 18.8 Å². The van der Waals surface area contributed by atoms with Crippen LogP contribution >= 0.6 is 0 Å². The SMILES string of the molecule is c1ccc2cc(OCCCCCCN3CCCCC3)ccc2c1. The number of nitrogens with zero attached hydrogens (tertiary/aromatic N) is 1. The molecule has 1 aliphatic heterocycles. The zero-order chi connectivity index (χ0) is 15.7. The van der Waals surface area contributed by atoms with E-state index in [1.165, 1.54) is 68.9 Å². The minimum atomic E-state index is 0.835. The van der Waals surface area contributed by atoms with Crippen molar-refractivity contribution in [1.29, 1.82) is 0 Å². The second kappa shape index (κ2) is 8.93. The molecule has 1 aliphatic rings. The fourth-order valence-electron chi connectivity index (χ4n) is 3.42. The van der Waals surface area contributed by atoms with E-state index in [1.807, 2.05) is 0 Å². The third-order valence-corrected chi connectivity index (χ3v) is 4.81. The fourth-order valence-corrected chi connectivity index (χ4v) is 3.42. The first-order valence-electron chi connectivity index (χ1n) is 9.26. The Hall–Kier alpha value is -1.54. The van der Waals surface area contributed by atoms with Gasteiger partial charge in [0.25, 0.3) is 0 Å². The summed E-state index contributed by atoms with van der Waals surface area (Å²) in [5.41, 5.74) is 0. The monoisotopic (exact) mass is 311 g/mol. The minimum Gasteiger partial charge on any atom is -0.494 e. The van der Waals surface area contributed by atoms with E-state index < -0.39 is 0 Å². The molecule has 2 aromatic carbocycles. The average molecular weight is 311 g/mol. The van der Waals surface area contributed by atoms with Gasteiger partial charge in [-0.1, -0.05) is 49.6 Å². The third kappa shape index (κ3) is 5.24. The van der Waals surface area contributed by atoms with Gasteiger partial charge < -0.3 is 9.64 Å². The van der Waals surface area contributed by atoms with Crippen molar-refractivity contribution >= 4 is 10.8 Å². The molecule has 0 N–H and O–H groups in total. The molecule has 0 aliphatic carbocycles. The zero-order valence-corrected chi connectivity index (χ0v) is 14.2. The van der Waals surface area contributed by atoms with Crippen molar-refractivity contribution in [2.75, 3.05) is 26.2 Å². The summed E-state index contributed by atoms with van der Waals surface area (Å²) in [6, 6.07) is 14.8. The number of likely N-dealkylation sites (tertiary alicyclic amines) is 1. The van der Waals surface area contributed by atoms with Crippen LogP contribution < -0.4 is 4.74 Å². The van der Waals surface area contributed by atoms with Gasteiger partial charge in [0.1, 0.15) is 5.75 Å². The number of ether oxygens (including phenoxy) is 1. The van der Waals surface area contributed by atoms with Crippen LogP contribution in [0.2, 0.25) is 0 Å². The highest BCUT2D eigenvalue weighted by Gasteiger charge is 2.08. The molecule has 0 amide bonds. The predicted molar refractivity (Wildman–Crippen MR) is 98.2 cm³/mol. The molecule has 2 nitrogen and oxygen atoms in total. The number of piperidine rings is 1. The normalized spacial score (nSPS) is 15.8. The lowest BCUT2D eigenvalue weighted by Gasteiger charge is -2.26. The van der Waals surface area contributed by atoms with Crippen molar-refractivity contribution in [3.8, 4) is 5.75 Å². The Labute approximate surface area is 140 Å². The summed E-state index contributed by atoms with van der Waals surface area (Å²) >= 11 is 0. The van der Waals surface area contributed by atoms with E-state index >= 15 is 0 Å². The molecule has 1 fully saturated rings. The van der Waals surface area contributed by atoms with Gasteiger partial charge in [0, 0.05) is 0 Å². The second-order valence-corrected chi connectivity index (χ2v) is 6.67. The summed E-state index contributed by atoms with van der Waals surface area (Å²) in [5.74, 6) is 0.997. The molecule has 2 heteroatoms. The molecule has 0 atom stereocenters. The molecule has 0 bridgehead atoms. The van der Waals surface area contributed by atoms with Gasteiger partial charge in [-0.2, -0.15) is 0 Å². The van der Waals surface area contributed by atoms with Crippen molar-refractivity contribution in [1.82, 2.24) is 4.90 Å². The molecule has 0 aromatic heterocycles. The highest BCUT2D eigenvalue weighted by atomic mass is 16.5. The maximum Gasteiger partial charge on any atom is 0.119 e. The highest BCUT2D eigenvalue weighted by molar-refractivity contribution is 5.83. The number of fused-ring (bicyclic) bond motifs is 1. The van der Waals surface area contributed by atoms with Gasteiger partial charge in [0.05, 0.1) is 6.61 Å². The second-order valence-electron chi connectivity index (χ2n) is 6.67. The molecule has 0 saturated carbocycles. The van der Waals surface area contributed by atoms with Crippen molar-refractivity contribution in [3.63, 3.8) is 0 Å². The smallest absolute Gasteiger partial charge is 0.119 e. The number of hydrogen-bond donors (Lipinski definition) is 0. The minimum absolute atomic E-state index is 0.835. The fraction of sp³-hybridized carbons (Fsp3) is 0.524. The van der Waals surface area contributed by atoms with Crippen LogP contribution in [0.3, 0.4) is 0 Å². The van der Waals surface area contributed by atoms with Crippen LogP contribution in [0, 0.1) is 0 Å². The van der Waals surface area contributed by atoms with Gasteiger partial charge in [-0.15, -0.1) is 0 Å². The Balaban J connectivity index is 1.28. The van der Waals surface area contributed by atoms with Crippen molar-refractivity contribution in [2.24, 2.45) is 0 Å². The summed E-state index contributed by atoms with van der Waals surface area (Å²) in [4.78, 5) is 2.63. The van der Waals surface area contributed by atoms with Gasteiger partial charge in [0.15, 0.2) is 0 Å². The van der Waals surface area contributed by atoms with Crippen LogP contribution in [0.5, 0.6) is 5.75 Å². The molecule has 0 spiro atoms. The lowest BCUT2D eigenvalue weighted by Crippen LogP contribution is -2.30. The Morgan fingerprint density at radius 3 is 2.43 bits per heavy atom. The van der Waals surface area contributed by atoms with Gasteiger partial charge in [0.2, 0.25) is 0 Å². The molecular weight excluding hydrogens is 282 g/mol. The molecule has 1 heterocycles. The third-order valence-electron chi connectivity index (χ3n) is 4.81. The zero-order valence-electron chi connectivity index (χ0n) is 14.2. The molecular formula is C21H29NO. The first-order valence-corrected chi connectivity index (χ1v) is 9.26. The van der Waals surface area contributed by atoms with Gasteiger partial charge in [-0.3, -0.25) is 0 Å².